The van der Waals surface area contributed by atoms with Gasteiger partial charge in [0.15, 0.2) is 0 Å². The summed E-state index contributed by atoms with van der Waals surface area (Å²) in [5.41, 5.74) is 7.78. The highest BCUT2D eigenvalue weighted by atomic mass is 19.1. The largest absolute Gasteiger partial charge is 0.474 e. The molecule has 0 spiro atoms. The second kappa shape index (κ2) is 13.2. The first kappa shape index (κ1) is 29.4. The molecule has 4 rings (SSSR count). The molecule has 214 valence electrons. The number of nitrogens with zero attached hydrogens (tertiary/aromatic N) is 3. The minimum atomic E-state index is -0.916. The predicted molar refractivity (Wildman–Crippen MR) is 147 cm³/mol. The third-order valence-electron chi connectivity index (χ3n) is 7.66. The standard InChI is InChI=1S/C30H38FN5O4/c1-18(2)39-30(38)25-17-34-11-10-24(25)19(3)40-28-9-8-22(16-35-28)20-6-7-21(26(31)13-20)14-27(33)29(37)36-12-4-5-23(36)15-32/h6-9,13,16,18-19,23-25,27,34H,4-5,10-12,14,17,33H2,1-3H3. The van der Waals surface area contributed by atoms with E-state index in [4.69, 9.17) is 15.2 Å². The Kier molecular flexibility index (Phi) is 9.71. The number of likely N-dealkylation sites (tertiary alicyclic amines) is 1. The molecule has 9 nitrogen and oxygen atoms in total. The van der Waals surface area contributed by atoms with Crippen LogP contribution in [0.15, 0.2) is 36.5 Å². The number of hydrogen-bond acceptors (Lipinski definition) is 8. The van der Waals surface area contributed by atoms with Gasteiger partial charge in [0, 0.05) is 36.8 Å². The van der Waals surface area contributed by atoms with E-state index in [0.717, 1.165) is 19.4 Å². The minimum absolute atomic E-state index is 0.00914. The predicted octanol–water partition coefficient (Wildman–Crippen LogP) is 3.22. The lowest BCUT2D eigenvalue weighted by atomic mass is 9.82. The van der Waals surface area contributed by atoms with Gasteiger partial charge in [0.2, 0.25) is 11.8 Å². The van der Waals surface area contributed by atoms with Crippen LogP contribution in [-0.4, -0.2) is 65.7 Å². The molecule has 2 aromatic rings. The molecule has 1 amide bonds. The molecule has 0 saturated carbocycles. The normalized spacial score (nSPS) is 22.4. The first-order chi connectivity index (χ1) is 19.2. The molecule has 40 heavy (non-hydrogen) atoms. The summed E-state index contributed by atoms with van der Waals surface area (Å²) in [4.78, 5) is 31.2. The smallest absolute Gasteiger partial charge is 0.310 e. The molecule has 2 saturated heterocycles. The molecule has 0 bridgehead atoms. The van der Waals surface area contributed by atoms with Gasteiger partial charge in [-0.15, -0.1) is 0 Å². The van der Waals surface area contributed by atoms with Gasteiger partial charge >= 0.3 is 5.97 Å². The van der Waals surface area contributed by atoms with Crippen molar-refractivity contribution in [1.82, 2.24) is 15.2 Å². The molecular weight excluding hydrogens is 513 g/mol. The molecule has 2 aliphatic rings. The van der Waals surface area contributed by atoms with E-state index >= 15 is 0 Å². The minimum Gasteiger partial charge on any atom is -0.474 e. The van der Waals surface area contributed by atoms with Crippen molar-refractivity contribution < 1.29 is 23.5 Å². The van der Waals surface area contributed by atoms with Crippen LogP contribution in [0.3, 0.4) is 0 Å². The number of rotatable bonds is 9. The van der Waals surface area contributed by atoms with E-state index in [2.05, 4.69) is 16.4 Å². The average Bonchev–Trinajstić information content (AvgIpc) is 3.42. The van der Waals surface area contributed by atoms with Crippen LogP contribution in [0.2, 0.25) is 0 Å². The van der Waals surface area contributed by atoms with Crippen molar-refractivity contribution in [2.24, 2.45) is 17.6 Å². The second-order valence-electron chi connectivity index (χ2n) is 10.9. The van der Waals surface area contributed by atoms with Crippen molar-refractivity contribution in [3.8, 4) is 23.1 Å². The molecule has 0 aliphatic carbocycles. The molecule has 5 unspecified atom stereocenters. The Labute approximate surface area is 234 Å². The number of ether oxygens (including phenoxy) is 2. The third kappa shape index (κ3) is 6.95. The highest BCUT2D eigenvalue weighted by Crippen LogP contribution is 2.29. The fourth-order valence-corrected chi connectivity index (χ4v) is 5.51. The number of carbonyl (C=O) groups is 2. The van der Waals surface area contributed by atoms with Gasteiger partial charge in [-0.1, -0.05) is 12.1 Å². The Hall–Kier alpha value is -3.55. The van der Waals surface area contributed by atoms with Crippen molar-refractivity contribution in [3.05, 3.63) is 47.9 Å². The Morgan fingerprint density at radius 3 is 2.67 bits per heavy atom. The van der Waals surface area contributed by atoms with Crippen molar-refractivity contribution in [2.75, 3.05) is 19.6 Å². The van der Waals surface area contributed by atoms with E-state index < -0.39 is 17.9 Å². The Morgan fingerprint density at radius 2 is 2.00 bits per heavy atom. The zero-order valence-corrected chi connectivity index (χ0v) is 23.3. The number of nitrogens with one attached hydrogen (secondary N) is 1. The summed E-state index contributed by atoms with van der Waals surface area (Å²) < 4.78 is 26.6. The maximum atomic E-state index is 15.0. The number of esters is 1. The zero-order valence-electron chi connectivity index (χ0n) is 23.3. The van der Waals surface area contributed by atoms with Crippen LogP contribution in [0.4, 0.5) is 4.39 Å². The lowest BCUT2D eigenvalue weighted by Crippen LogP contribution is -2.47. The van der Waals surface area contributed by atoms with Crippen molar-refractivity contribution >= 4 is 11.9 Å². The van der Waals surface area contributed by atoms with E-state index in [-0.39, 0.29) is 42.3 Å². The maximum Gasteiger partial charge on any atom is 0.310 e. The highest BCUT2D eigenvalue weighted by Gasteiger charge is 2.37. The number of piperidine rings is 1. The number of aromatic nitrogens is 1. The third-order valence-corrected chi connectivity index (χ3v) is 7.66. The number of amides is 1. The van der Waals surface area contributed by atoms with E-state index in [9.17, 15) is 19.2 Å². The maximum absolute atomic E-state index is 15.0. The highest BCUT2D eigenvalue weighted by molar-refractivity contribution is 5.83. The van der Waals surface area contributed by atoms with Crippen LogP contribution >= 0.6 is 0 Å². The first-order valence-electron chi connectivity index (χ1n) is 14.0. The number of nitriles is 1. The summed E-state index contributed by atoms with van der Waals surface area (Å²) in [6.45, 7) is 7.47. The van der Waals surface area contributed by atoms with E-state index in [1.54, 1.807) is 30.5 Å². The number of hydrogen-bond donors (Lipinski definition) is 2. The summed E-state index contributed by atoms with van der Waals surface area (Å²) in [5.74, 6) is -0.884. The van der Waals surface area contributed by atoms with Gasteiger partial charge < -0.3 is 25.4 Å². The molecule has 3 heterocycles. The summed E-state index contributed by atoms with van der Waals surface area (Å²) >= 11 is 0. The molecule has 1 aromatic heterocycles. The van der Waals surface area contributed by atoms with Gasteiger partial charge in [0.25, 0.3) is 0 Å². The van der Waals surface area contributed by atoms with Crippen LogP contribution < -0.4 is 15.8 Å². The molecule has 5 atom stereocenters. The van der Waals surface area contributed by atoms with Gasteiger partial charge in [-0.05, 0) is 76.3 Å². The van der Waals surface area contributed by atoms with E-state index in [0.29, 0.717) is 42.1 Å². The Bertz CT molecular complexity index is 1230. The second-order valence-corrected chi connectivity index (χ2v) is 10.9. The van der Waals surface area contributed by atoms with Crippen molar-refractivity contribution in [3.63, 3.8) is 0 Å². The van der Waals surface area contributed by atoms with Crippen LogP contribution in [0.25, 0.3) is 11.1 Å². The lowest BCUT2D eigenvalue weighted by molar-refractivity contribution is -0.156. The van der Waals surface area contributed by atoms with E-state index in [1.165, 1.54) is 11.0 Å². The van der Waals surface area contributed by atoms with Gasteiger partial charge in [0.05, 0.1) is 24.1 Å². The van der Waals surface area contributed by atoms with Gasteiger partial charge in [-0.2, -0.15) is 5.26 Å². The average molecular weight is 552 g/mol. The van der Waals surface area contributed by atoms with E-state index in [1.807, 2.05) is 20.8 Å². The molecule has 10 heteroatoms. The summed E-state index contributed by atoms with van der Waals surface area (Å²) in [6, 6.07) is 9.09. The molecule has 3 N–H and O–H groups in total. The number of pyridine rings is 1. The molecule has 1 aromatic carbocycles. The zero-order chi connectivity index (χ0) is 28.8. The quantitative estimate of drug-likeness (QED) is 0.455. The van der Waals surface area contributed by atoms with Crippen LogP contribution in [-0.2, 0) is 20.7 Å². The van der Waals surface area contributed by atoms with Gasteiger partial charge in [-0.3, -0.25) is 9.59 Å². The van der Waals surface area contributed by atoms with Gasteiger partial charge in [-0.25, -0.2) is 9.37 Å². The van der Waals surface area contributed by atoms with Crippen LogP contribution in [0.1, 0.15) is 45.6 Å². The Morgan fingerprint density at radius 1 is 1.23 bits per heavy atom. The van der Waals surface area contributed by atoms with Crippen molar-refractivity contribution in [2.45, 2.75) is 70.7 Å². The van der Waals surface area contributed by atoms with Crippen molar-refractivity contribution in [1.29, 1.82) is 5.26 Å². The van der Waals surface area contributed by atoms with Crippen LogP contribution in [0.5, 0.6) is 5.88 Å². The topological polar surface area (TPSA) is 131 Å². The fraction of sp³-hybridized carbons (Fsp3) is 0.533. The molecule has 0 radical (unpaired) electrons. The number of benzene rings is 1. The lowest BCUT2D eigenvalue weighted by Gasteiger charge is -2.34. The SMILES string of the molecule is CC(C)OC(=O)C1CNCCC1C(C)Oc1ccc(-c2ccc(CC(N)C(=O)N3CCCC3C#N)c(F)c2)cn1. The molecular formula is C30H38FN5O4. The summed E-state index contributed by atoms with van der Waals surface area (Å²) in [6.07, 6.45) is 3.43. The number of halogens is 1. The van der Waals surface area contributed by atoms with Crippen LogP contribution in [0, 0.1) is 29.0 Å². The molecule has 2 fully saturated rings. The number of nitrogens with two attached hydrogens (primary N) is 1. The summed E-state index contributed by atoms with van der Waals surface area (Å²) in [7, 11) is 0. The first-order valence-corrected chi connectivity index (χ1v) is 14.0. The summed E-state index contributed by atoms with van der Waals surface area (Å²) in [5, 5.41) is 12.5. The van der Waals surface area contributed by atoms with Gasteiger partial charge in [0.1, 0.15) is 18.0 Å². The fourth-order valence-electron chi connectivity index (χ4n) is 5.51. The Balaban J connectivity index is 1.38. The monoisotopic (exact) mass is 551 g/mol. The number of carbonyl (C=O) groups excluding carboxylic acids is 2. The molecule has 2 aliphatic heterocycles.